The third-order valence-corrected chi connectivity index (χ3v) is 7.74. The summed E-state index contributed by atoms with van der Waals surface area (Å²) in [6.07, 6.45) is 8.63. The van der Waals surface area contributed by atoms with E-state index in [9.17, 15) is 5.11 Å². The highest BCUT2D eigenvalue weighted by Gasteiger charge is 2.33. The number of nitrogens with one attached hydrogen (secondary N) is 1. The molecule has 0 atom stereocenters. The summed E-state index contributed by atoms with van der Waals surface area (Å²) in [5, 5.41) is 27.1. The minimum absolute atomic E-state index is 0.168. The van der Waals surface area contributed by atoms with Gasteiger partial charge in [-0.1, -0.05) is 17.4 Å². The number of aromatic nitrogens is 5. The molecule has 4 heterocycles. The molecule has 8 nitrogen and oxygen atoms in total. The van der Waals surface area contributed by atoms with Gasteiger partial charge in [0.05, 0.1) is 16.6 Å². The molecule has 4 aromatic rings. The molecule has 1 aliphatic carbocycles. The van der Waals surface area contributed by atoms with Crippen molar-refractivity contribution in [2.45, 2.75) is 37.8 Å². The largest absolute Gasteiger partial charge is 0.507 e. The van der Waals surface area contributed by atoms with E-state index >= 15 is 0 Å². The van der Waals surface area contributed by atoms with Crippen LogP contribution >= 0.6 is 11.3 Å². The highest BCUT2D eigenvalue weighted by atomic mass is 32.1. The predicted octanol–water partition coefficient (Wildman–Crippen LogP) is 3.91. The van der Waals surface area contributed by atoms with E-state index in [2.05, 4.69) is 37.2 Å². The molecule has 1 aliphatic heterocycles. The zero-order valence-corrected chi connectivity index (χ0v) is 18.7. The highest BCUT2D eigenvalue weighted by molar-refractivity contribution is 7.22. The van der Waals surface area contributed by atoms with Crippen molar-refractivity contribution in [1.29, 1.82) is 0 Å². The third-order valence-electron chi connectivity index (χ3n) is 6.66. The molecule has 0 bridgehead atoms. The van der Waals surface area contributed by atoms with Crippen molar-refractivity contribution in [3.05, 3.63) is 36.7 Å². The highest BCUT2D eigenvalue weighted by Crippen LogP contribution is 2.36. The van der Waals surface area contributed by atoms with Crippen LogP contribution < -0.4 is 4.90 Å². The van der Waals surface area contributed by atoms with Crippen LogP contribution in [-0.4, -0.2) is 67.6 Å². The zero-order chi connectivity index (χ0) is 21.7. The maximum atomic E-state index is 10.6. The van der Waals surface area contributed by atoms with Gasteiger partial charge in [-0.25, -0.2) is 0 Å². The van der Waals surface area contributed by atoms with Gasteiger partial charge < -0.3 is 14.9 Å². The van der Waals surface area contributed by atoms with Crippen LogP contribution in [0.4, 0.5) is 5.13 Å². The Hall–Kier alpha value is -3.04. The second-order valence-corrected chi connectivity index (χ2v) is 9.75. The molecule has 0 amide bonds. The van der Waals surface area contributed by atoms with Gasteiger partial charge in [-0.2, -0.15) is 10.1 Å². The molecular formula is C23H25N7OS. The smallest absolute Gasteiger partial charge is 0.194 e. The Balaban J connectivity index is 1.23. The molecule has 0 spiro atoms. The second-order valence-electron chi connectivity index (χ2n) is 8.74. The van der Waals surface area contributed by atoms with E-state index in [0.717, 1.165) is 27.0 Å². The molecule has 1 saturated carbocycles. The van der Waals surface area contributed by atoms with Crippen LogP contribution in [0, 0.1) is 0 Å². The minimum Gasteiger partial charge on any atom is -0.507 e. The quantitative estimate of drug-likeness (QED) is 0.479. The number of anilines is 1. The molecule has 164 valence electrons. The molecule has 2 aliphatic rings. The summed E-state index contributed by atoms with van der Waals surface area (Å²) in [6.45, 7) is 2.37. The van der Waals surface area contributed by atoms with Crippen molar-refractivity contribution in [3.63, 3.8) is 0 Å². The fourth-order valence-electron chi connectivity index (χ4n) is 4.59. The van der Waals surface area contributed by atoms with Crippen LogP contribution in [0.25, 0.3) is 32.7 Å². The predicted molar refractivity (Wildman–Crippen MR) is 126 cm³/mol. The van der Waals surface area contributed by atoms with E-state index in [1.165, 1.54) is 38.8 Å². The van der Waals surface area contributed by atoms with Gasteiger partial charge in [-0.15, -0.1) is 10.2 Å². The number of likely N-dealkylation sites (tertiary alicyclic amines) is 1. The minimum atomic E-state index is 0.168. The van der Waals surface area contributed by atoms with Crippen LogP contribution in [0.2, 0.25) is 0 Å². The van der Waals surface area contributed by atoms with Crippen LogP contribution in [0.1, 0.15) is 25.7 Å². The van der Waals surface area contributed by atoms with Crippen LogP contribution in [0.15, 0.2) is 36.7 Å². The number of benzene rings is 1. The zero-order valence-electron chi connectivity index (χ0n) is 17.9. The summed E-state index contributed by atoms with van der Waals surface area (Å²) >= 11 is 1.64. The first-order valence-corrected chi connectivity index (χ1v) is 11.9. The van der Waals surface area contributed by atoms with Gasteiger partial charge in [0.25, 0.3) is 0 Å². The van der Waals surface area contributed by atoms with Gasteiger partial charge in [0, 0.05) is 49.5 Å². The monoisotopic (exact) mass is 447 g/mol. The summed E-state index contributed by atoms with van der Waals surface area (Å²) in [7, 11) is 2.14. The second kappa shape index (κ2) is 7.83. The first-order valence-electron chi connectivity index (χ1n) is 11.1. The Bertz CT molecular complexity index is 1240. The van der Waals surface area contributed by atoms with Crippen molar-refractivity contribution in [3.8, 4) is 28.1 Å². The fraction of sp³-hybridized carbons (Fsp3) is 0.391. The van der Waals surface area contributed by atoms with E-state index in [0.29, 0.717) is 22.9 Å². The van der Waals surface area contributed by atoms with Crippen LogP contribution in [-0.2, 0) is 0 Å². The molecule has 1 saturated heterocycles. The van der Waals surface area contributed by atoms with E-state index in [1.54, 1.807) is 29.8 Å². The Morgan fingerprint density at radius 3 is 2.66 bits per heavy atom. The number of hydrogen-bond donors (Lipinski definition) is 2. The Morgan fingerprint density at radius 1 is 1.09 bits per heavy atom. The summed E-state index contributed by atoms with van der Waals surface area (Å²) in [4.78, 5) is 9.70. The number of thiazole rings is 1. The van der Waals surface area contributed by atoms with E-state index in [4.69, 9.17) is 4.98 Å². The average Bonchev–Trinajstić information content (AvgIpc) is 3.35. The lowest BCUT2D eigenvalue weighted by Gasteiger charge is -2.36. The van der Waals surface area contributed by atoms with Crippen molar-refractivity contribution in [2.75, 3.05) is 25.0 Å². The number of H-pyrrole nitrogens is 1. The third kappa shape index (κ3) is 3.61. The summed E-state index contributed by atoms with van der Waals surface area (Å²) in [6, 6.07) is 8.88. The van der Waals surface area contributed by atoms with Gasteiger partial charge in [0.15, 0.2) is 10.8 Å². The number of aromatic hydroxyl groups is 1. The molecule has 6 rings (SSSR count). The molecular weight excluding hydrogens is 422 g/mol. The van der Waals surface area contributed by atoms with Gasteiger partial charge in [0.2, 0.25) is 0 Å². The fourth-order valence-corrected chi connectivity index (χ4v) is 5.56. The van der Waals surface area contributed by atoms with Gasteiger partial charge in [-0.3, -0.25) is 5.10 Å². The maximum Gasteiger partial charge on any atom is 0.194 e. The standard InChI is InChI=1S/C23H25N7OS/c1-29(16-6-8-30(9-7-16)17-3-4-17)23-26-22-21(32-23)11-19(27-28-22)18-5-2-14(10-20(18)31)15-12-24-25-13-15/h2,5,10-13,16-17,31H,3-4,6-9H2,1H3,(H,24,25). The number of piperidine rings is 1. The molecule has 2 fully saturated rings. The van der Waals surface area contributed by atoms with Crippen LogP contribution in [0.5, 0.6) is 5.75 Å². The van der Waals surface area contributed by atoms with E-state index < -0.39 is 0 Å². The van der Waals surface area contributed by atoms with Gasteiger partial charge >= 0.3 is 0 Å². The van der Waals surface area contributed by atoms with E-state index in [-0.39, 0.29) is 5.75 Å². The van der Waals surface area contributed by atoms with Crippen molar-refractivity contribution in [1.82, 2.24) is 30.3 Å². The first-order chi connectivity index (χ1) is 15.7. The average molecular weight is 448 g/mol. The molecule has 2 N–H and O–H groups in total. The SMILES string of the molecule is CN(c1nc2nnc(-c3ccc(-c4cn[nH]c4)cc3O)cc2s1)C1CCN(C2CC2)CC1. The number of nitrogens with zero attached hydrogens (tertiary/aromatic N) is 6. The topological polar surface area (TPSA) is 94.1 Å². The Kier molecular flexibility index (Phi) is 4.80. The summed E-state index contributed by atoms with van der Waals surface area (Å²) in [5.41, 5.74) is 3.77. The van der Waals surface area contributed by atoms with Crippen molar-refractivity contribution >= 4 is 26.8 Å². The molecule has 32 heavy (non-hydrogen) atoms. The number of fused-ring (bicyclic) bond motifs is 1. The Labute approximate surface area is 189 Å². The number of phenolic OH excluding ortho intramolecular Hbond substituents is 1. The van der Waals surface area contributed by atoms with Gasteiger partial charge in [0.1, 0.15) is 5.75 Å². The van der Waals surface area contributed by atoms with Crippen molar-refractivity contribution in [2.24, 2.45) is 0 Å². The first kappa shape index (κ1) is 19.6. The summed E-state index contributed by atoms with van der Waals surface area (Å²) in [5.74, 6) is 0.168. The lowest BCUT2D eigenvalue weighted by molar-refractivity contribution is 0.202. The maximum absolute atomic E-state index is 10.6. The molecule has 1 aromatic carbocycles. The Morgan fingerprint density at radius 2 is 1.94 bits per heavy atom. The summed E-state index contributed by atoms with van der Waals surface area (Å²) < 4.78 is 0.977. The molecule has 0 radical (unpaired) electrons. The van der Waals surface area contributed by atoms with Gasteiger partial charge in [-0.05, 0) is 49.4 Å². The number of rotatable bonds is 5. The molecule has 0 unspecified atom stereocenters. The lowest BCUT2D eigenvalue weighted by atomic mass is 10.0. The van der Waals surface area contributed by atoms with Crippen LogP contribution in [0.3, 0.4) is 0 Å². The van der Waals surface area contributed by atoms with Crippen molar-refractivity contribution < 1.29 is 5.11 Å². The molecule has 9 heteroatoms. The normalized spacial score (nSPS) is 17.8. The molecule has 3 aromatic heterocycles. The number of aromatic amines is 1. The van der Waals surface area contributed by atoms with E-state index in [1.807, 2.05) is 18.2 Å². The number of phenols is 1. The number of hydrogen-bond acceptors (Lipinski definition) is 8. The lowest BCUT2D eigenvalue weighted by Crippen LogP contribution is -2.44.